The highest BCUT2D eigenvalue weighted by atomic mass is 16.1. The topological polar surface area (TPSA) is 76.6 Å². The second-order valence-electron chi connectivity index (χ2n) is 10.5. The Morgan fingerprint density at radius 1 is 1.09 bits per heavy atom. The maximum absolute atomic E-state index is 13.2. The van der Waals surface area contributed by atoms with Crippen molar-refractivity contribution in [2.45, 2.75) is 67.0 Å². The van der Waals surface area contributed by atoms with Crippen LogP contribution in [-0.2, 0) is 0 Å². The molecule has 7 nitrogen and oxygen atoms in total. The zero-order valence-electron chi connectivity index (χ0n) is 21.9. The highest BCUT2D eigenvalue weighted by molar-refractivity contribution is 5.73. The highest BCUT2D eigenvalue weighted by Gasteiger charge is 2.31. The third kappa shape index (κ3) is 3.84. The molecular formula is C27H32N6O. The second-order valence-corrected chi connectivity index (χ2v) is 10.5. The summed E-state index contributed by atoms with van der Waals surface area (Å²) >= 11 is 0. The standard InChI is InChI=1S/C27H32N6O/c1-15-10-20(26(18(4)28-15)27(5,6)7)19-8-9-24-30-21(12-25(34)32(24)14-19)22-11-23-17(3)29-16(2)13-33(23)31-22/h8-9,11-15,18,28H,10H2,1-7H3/t15-,18-/m0/s1/i/hD. The number of rotatable bonds is 2. The Morgan fingerprint density at radius 3 is 2.59 bits per heavy atom. The van der Waals surface area contributed by atoms with Gasteiger partial charge in [0, 0.05) is 24.3 Å². The van der Waals surface area contributed by atoms with Crippen molar-refractivity contribution in [3.63, 3.8) is 0 Å². The van der Waals surface area contributed by atoms with Crippen LogP contribution in [0.1, 0.15) is 58.0 Å². The fourth-order valence-electron chi connectivity index (χ4n) is 5.35. The van der Waals surface area contributed by atoms with E-state index in [1.54, 1.807) is 20.3 Å². The molecular weight excluding hydrogens is 424 g/mol. The molecule has 0 aliphatic carbocycles. The van der Waals surface area contributed by atoms with Crippen molar-refractivity contribution in [1.82, 2.24) is 29.3 Å². The fraction of sp³-hybridized carbons (Fsp3) is 0.407. The maximum atomic E-state index is 13.2. The van der Waals surface area contributed by atoms with Crippen LogP contribution in [-0.4, -0.2) is 36.1 Å². The number of aromatic nitrogens is 5. The lowest BCUT2D eigenvalue weighted by Crippen LogP contribution is -2.43. The second kappa shape index (κ2) is 7.87. The molecule has 0 saturated heterocycles. The molecule has 4 aromatic rings. The van der Waals surface area contributed by atoms with Gasteiger partial charge >= 0.3 is 0 Å². The Hall–Kier alpha value is -3.32. The molecule has 0 fully saturated rings. The number of nitrogens with one attached hydrogen (secondary N) is 1. The number of aryl methyl sites for hydroxylation is 2. The van der Waals surface area contributed by atoms with E-state index in [9.17, 15) is 4.79 Å². The Morgan fingerprint density at radius 2 is 1.85 bits per heavy atom. The fourth-order valence-corrected chi connectivity index (χ4v) is 5.35. The molecule has 2 atom stereocenters. The normalized spacial score (nSPS) is 20.4. The van der Waals surface area contributed by atoms with Crippen molar-refractivity contribution in [2.75, 3.05) is 0 Å². The number of fused-ring (bicyclic) bond motifs is 2. The van der Waals surface area contributed by atoms with Crippen LogP contribution >= 0.6 is 0 Å². The van der Waals surface area contributed by atoms with Gasteiger partial charge in [-0.1, -0.05) is 20.8 Å². The molecule has 0 aromatic carbocycles. The lowest BCUT2D eigenvalue weighted by atomic mass is 9.74. The minimum atomic E-state index is -0.146. The van der Waals surface area contributed by atoms with E-state index in [0.717, 1.165) is 28.9 Å². The molecule has 1 aliphatic rings. The average Bonchev–Trinajstić information content (AvgIpc) is 3.20. The zero-order valence-corrected chi connectivity index (χ0v) is 20.9. The Bertz CT molecular complexity index is 1560. The van der Waals surface area contributed by atoms with Crippen molar-refractivity contribution in [1.29, 1.82) is 0 Å². The molecule has 0 amide bonds. The summed E-state index contributed by atoms with van der Waals surface area (Å²) < 4.78 is 11.9. The lowest BCUT2D eigenvalue weighted by molar-refractivity contribution is 0.395. The average molecular weight is 458 g/mol. The van der Waals surface area contributed by atoms with Gasteiger partial charge < -0.3 is 5.31 Å². The molecule has 7 heteroatoms. The molecule has 0 bridgehead atoms. The summed E-state index contributed by atoms with van der Waals surface area (Å²) in [5.41, 5.74) is 7.67. The minimum absolute atomic E-state index is 0.00157. The van der Waals surface area contributed by atoms with Crippen LogP contribution in [0.3, 0.4) is 0 Å². The number of hydrogen-bond donors (Lipinski definition) is 1. The molecule has 0 unspecified atom stereocenters. The third-order valence-corrected chi connectivity index (χ3v) is 6.56. The SMILES string of the molecule is [2H]N1[C@@H](C)CC(c2ccc3nc(-c4cc5c(C)nc(C)cn5n4)cc(=O)n3c2)=C(C(C)(C)C)[C@@H]1C. The first-order valence-electron chi connectivity index (χ1n) is 12.3. The highest BCUT2D eigenvalue weighted by Crippen LogP contribution is 2.39. The maximum Gasteiger partial charge on any atom is 0.258 e. The lowest BCUT2D eigenvalue weighted by Gasteiger charge is -2.38. The zero-order chi connectivity index (χ0) is 25.2. The van der Waals surface area contributed by atoms with E-state index < -0.39 is 0 Å². The van der Waals surface area contributed by atoms with Gasteiger partial charge in [0.05, 0.1) is 28.8 Å². The van der Waals surface area contributed by atoms with Crippen LogP contribution < -0.4 is 10.9 Å². The summed E-state index contributed by atoms with van der Waals surface area (Å²) in [5, 5.41) is 6.33. The van der Waals surface area contributed by atoms with Gasteiger partial charge in [-0.25, -0.2) is 9.50 Å². The van der Waals surface area contributed by atoms with Gasteiger partial charge in [-0.05, 0) is 74.4 Å². The van der Waals surface area contributed by atoms with E-state index in [2.05, 4.69) is 44.7 Å². The minimum Gasteiger partial charge on any atom is -0.308 e. The van der Waals surface area contributed by atoms with Gasteiger partial charge in [-0.2, -0.15) is 5.10 Å². The van der Waals surface area contributed by atoms with Gasteiger partial charge in [0.1, 0.15) is 12.8 Å². The van der Waals surface area contributed by atoms with Crippen LogP contribution in [0, 0.1) is 19.3 Å². The van der Waals surface area contributed by atoms with Crippen molar-refractivity contribution in [3.05, 3.63) is 69.5 Å². The molecule has 5 rings (SSSR count). The van der Waals surface area contributed by atoms with Gasteiger partial charge in [0.25, 0.3) is 5.56 Å². The molecule has 0 spiro atoms. The smallest absolute Gasteiger partial charge is 0.258 e. The first kappa shape index (κ1) is 21.2. The monoisotopic (exact) mass is 457 g/mol. The van der Waals surface area contributed by atoms with Gasteiger partial charge in [-0.15, -0.1) is 0 Å². The van der Waals surface area contributed by atoms with E-state index in [-0.39, 0.29) is 23.1 Å². The van der Waals surface area contributed by atoms with Crippen LogP contribution in [0.25, 0.3) is 28.1 Å². The van der Waals surface area contributed by atoms with E-state index in [1.165, 1.54) is 11.1 Å². The van der Waals surface area contributed by atoms with Crippen LogP contribution in [0.15, 0.2) is 47.0 Å². The van der Waals surface area contributed by atoms with Crippen LogP contribution in [0.2, 0.25) is 1.41 Å². The van der Waals surface area contributed by atoms with E-state index >= 15 is 0 Å². The molecule has 34 heavy (non-hydrogen) atoms. The summed E-state index contributed by atoms with van der Waals surface area (Å²) in [6.45, 7) is 14.6. The van der Waals surface area contributed by atoms with Crippen molar-refractivity contribution >= 4 is 16.7 Å². The summed E-state index contributed by atoms with van der Waals surface area (Å²) in [7, 11) is 0. The first-order chi connectivity index (χ1) is 16.4. The summed E-state index contributed by atoms with van der Waals surface area (Å²) in [5.74, 6) is 0. The Labute approximate surface area is 201 Å². The van der Waals surface area contributed by atoms with Gasteiger partial charge in [-0.3, -0.25) is 14.2 Å². The number of pyridine rings is 1. The third-order valence-electron chi connectivity index (χ3n) is 6.56. The molecule has 1 N–H and O–H groups in total. The molecule has 1 aliphatic heterocycles. The van der Waals surface area contributed by atoms with Crippen molar-refractivity contribution < 1.29 is 1.41 Å². The van der Waals surface area contributed by atoms with Crippen LogP contribution in [0.5, 0.6) is 0 Å². The van der Waals surface area contributed by atoms with Crippen molar-refractivity contribution in [2.24, 2.45) is 5.41 Å². The van der Waals surface area contributed by atoms with Crippen LogP contribution in [0.4, 0.5) is 0 Å². The predicted molar refractivity (Wildman–Crippen MR) is 136 cm³/mol. The molecule has 0 radical (unpaired) electrons. The van der Waals surface area contributed by atoms with Crippen molar-refractivity contribution in [3.8, 4) is 11.4 Å². The summed E-state index contributed by atoms with van der Waals surface area (Å²) in [4.78, 5) is 22.5. The van der Waals surface area contributed by atoms with E-state index in [1.807, 2.05) is 44.4 Å². The number of nitrogens with zero attached hydrogens (tertiary/aromatic N) is 5. The summed E-state index contributed by atoms with van der Waals surface area (Å²) in [6.07, 6.45) is 4.53. The first-order valence-corrected chi connectivity index (χ1v) is 11.8. The summed E-state index contributed by atoms with van der Waals surface area (Å²) in [6, 6.07) is 7.51. The molecule has 5 heterocycles. The largest absolute Gasteiger partial charge is 0.308 e. The van der Waals surface area contributed by atoms with Gasteiger partial charge in [0.15, 0.2) is 0 Å². The quantitative estimate of drug-likeness (QED) is 0.476. The van der Waals surface area contributed by atoms with E-state index in [4.69, 9.17) is 6.40 Å². The van der Waals surface area contributed by atoms with Gasteiger partial charge in [0.2, 0.25) is 0 Å². The Balaban J connectivity index is 1.64. The molecule has 176 valence electrons. The molecule has 4 aromatic heterocycles. The predicted octanol–water partition coefficient (Wildman–Crippen LogP) is 4.59. The van der Waals surface area contributed by atoms with E-state index in [0.29, 0.717) is 17.0 Å². The molecule has 0 saturated carbocycles. The Kier molecular flexibility index (Phi) is 4.92. The number of hydrogen-bond acceptors (Lipinski definition) is 5.